The number of carbonyl (C=O) groups excluding carboxylic acids is 1. The lowest BCUT2D eigenvalue weighted by Crippen LogP contribution is -2.50. The van der Waals surface area contributed by atoms with Gasteiger partial charge in [0.05, 0.1) is 12.0 Å². The minimum Gasteiger partial charge on any atom is -0.453 e. The third kappa shape index (κ3) is 2.94. The van der Waals surface area contributed by atoms with Gasteiger partial charge in [-0.3, -0.25) is 0 Å². The summed E-state index contributed by atoms with van der Waals surface area (Å²) in [6.07, 6.45) is -0.419. The Morgan fingerprint density at radius 1 is 1.10 bits per heavy atom. The maximum Gasteiger partial charge on any atom is 0.409 e. The lowest BCUT2D eigenvalue weighted by Gasteiger charge is -2.33. The van der Waals surface area contributed by atoms with Crippen LogP contribution in [0.1, 0.15) is 5.56 Å². The van der Waals surface area contributed by atoms with Crippen LogP contribution >= 0.6 is 0 Å². The lowest BCUT2D eigenvalue weighted by atomic mass is 10.2. The van der Waals surface area contributed by atoms with E-state index < -0.39 is 16.1 Å². The fourth-order valence-electron chi connectivity index (χ4n) is 2.10. The number of methoxy groups -OCH3 is 1. The van der Waals surface area contributed by atoms with E-state index >= 15 is 0 Å². The first-order valence-corrected chi connectivity index (χ1v) is 7.79. The summed E-state index contributed by atoms with van der Waals surface area (Å²) in [5.41, 5.74) is 1.01. The fourth-order valence-corrected chi connectivity index (χ4v) is 3.52. The summed E-state index contributed by atoms with van der Waals surface area (Å²) in [6.45, 7) is 3.16. The van der Waals surface area contributed by atoms with Gasteiger partial charge in [0.2, 0.25) is 10.0 Å². The first-order chi connectivity index (χ1) is 9.45. The number of aryl methyl sites for hydroxylation is 1. The summed E-state index contributed by atoms with van der Waals surface area (Å²) in [7, 11) is -2.16. The van der Waals surface area contributed by atoms with Crippen molar-refractivity contribution in [2.45, 2.75) is 11.8 Å². The SMILES string of the molecule is COC(=O)N1CCN(S(=O)(=O)c2ccc(C)cc2)CC1. The van der Waals surface area contributed by atoms with E-state index in [0.717, 1.165) is 5.56 Å². The van der Waals surface area contributed by atoms with Gasteiger partial charge in [0, 0.05) is 26.2 Å². The maximum atomic E-state index is 12.4. The largest absolute Gasteiger partial charge is 0.453 e. The number of nitrogens with zero attached hydrogens (tertiary/aromatic N) is 2. The van der Waals surface area contributed by atoms with Crippen LogP contribution in [0.2, 0.25) is 0 Å². The first kappa shape index (κ1) is 14.8. The second-order valence-corrected chi connectivity index (χ2v) is 6.61. The third-order valence-electron chi connectivity index (χ3n) is 3.33. The zero-order valence-corrected chi connectivity index (χ0v) is 12.4. The molecule has 0 aromatic heterocycles. The molecule has 0 unspecified atom stereocenters. The van der Waals surface area contributed by atoms with Gasteiger partial charge < -0.3 is 9.64 Å². The summed E-state index contributed by atoms with van der Waals surface area (Å²) in [5.74, 6) is 0. The molecule has 2 rings (SSSR count). The fraction of sp³-hybridized carbons (Fsp3) is 0.462. The Bertz CT molecular complexity index is 575. The number of rotatable bonds is 2. The molecule has 6 nitrogen and oxygen atoms in total. The molecule has 0 spiro atoms. The van der Waals surface area contributed by atoms with E-state index in [-0.39, 0.29) is 18.0 Å². The Hall–Kier alpha value is -1.60. The molecule has 0 saturated carbocycles. The van der Waals surface area contributed by atoms with Crippen LogP contribution in [-0.2, 0) is 14.8 Å². The van der Waals surface area contributed by atoms with Gasteiger partial charge >= 0.3 is 6.09 Å². The van der Waals surface area contributed by atoms with E-state index in [4.69, 9.17) is 0 Å². The van der Waals surface area contributed by atoms with E-state index in [0.29, 0.717) is 13.1 Å². The molecule has 0 radical (unpaired) electrons. The average Bonchev–Trinajstić information content (AvgIpc) is 2.47. The van der Waals surface area contributed by atoms with Crippen LogP contribution in [-0.4, -0.2) is 57.0 Å². The summed E-state index contributed by atoms with van der Waals surface area (Å²) >= 11 is 0. The first-order valence-electron chi connectivity index (χ1n) is 6.35. The number of ether oxygens (including phenoxy) is 1. The zero-order valence-electron chi connectivity index (χ0n) is 11.6. The molecule has 7 heteroatoms. The van der Waals surface area contributed by atoms with E-state index in [1.54, 1.807) is 24.3 Å². The van der Waals surface area contributed by atoms with E-state index in [1.807, 2.05) is 6.92 Å². The molecule has 1 aliphatic rings. The maximum absolute atomic E-state index is 12.4. The molecule has 1 amide bonds. The molecule has 1 aromatic rings. The van der Waals surface area contributed by atoms with Gasteiger partial charge in [-0.25, -0.2) is 13.2 Å². The van der Waals surface area contributed by atoms with Crippen LogP contribution in [0.15, 0.2) is 29.2 Å². The van der Waals surface area contributed by atoms with Gasteiger partial charge in [-0.15, -0.1) is 0 Å². The van der Waals surface area contributed by atoms with Gasteiger partial charge in [0.15, 0.2) is 0 Å². The molecule has 1 saturated heterocycles. The topological polar surface area (TPSA) is 66.9 Å². The Labute approximate surface area is 119 Å². The second kappa shape index (κ2) is 5.80. The van der Waals surface area contributed by atoms with E-state index in [2.05, 4.69) is 4.74 Å². The van der Waals surface area contributed by atoms with Gasteiger partial charge in [-0.1, -0.05) is 17.7 Å². The smallest absolute Gasteiger partial charge is 0.409 e. The molecule has 20 heavy (non-hydrogen) atoms. The van der Waals surface area contributed by atoms with Crippen molar-refractivity contribution in [1.82, 2.24) is 9.21 Å². The van der Waals surface area contributed by atoms with Crippen LogP contribution < -0.4 is 0 Å². The van der Waals surface area contributed by atoms with Crippen LogP contribution in [0.25, 0.3) is 0 Å². The number of carbonyl (C=O) groups is 1. The Balaban J connectivity index is 2.09. The summed E-state index contributed by atoms with van der Waals surface area (Å²) in [6, 6.07) is 6.77. The van der Waals surface area contributed by atoms with Crippen molar-refractivity contribution >= 4 is 16.1 Å². The van der Waals surface area contributed by atoms with Crippen molar-refractivity contribution in [3.05, 3.63) is 29.8 Å². The van der Waals surface area contributed by atoms with Crippen LogP contribution in [0.5, 0.6) is 0 Å². The Kier molecular flexibility index (Phi) is 4.29. The highest BCUT2D eigenvalue weighted by atomic mass is 32.2. The number of hydrogen-bond acceptors (Lipinski definition) is 4. The van der Waals surface area contributed by atoms with Crippen LogP contribution in [0, 0.1) is 6.92 Å². The van der Waals surface area contributed by atoms with Gasteiger partial charge in [-0.2, -0.15) is 4.31 Å². The van der Waals surface area contributed by atoms with E-state index in [9.17, 15) is 13.2 Å². The minimum absolute atomic E-state index is 0.283. The van der Waals surface area contributed by atoms with Crippen molar-refractivity contribution < 1.29 is 17.9 Å². The molecule has 1 fully saturated rings. The van der Waals surface area contributed by atoms with Gasteiger partial charge in [-0.05, 0) is 19.1 Å². The summed E-state index contributed by atoms with van der Waals surface area (Å²) in [4.78, 5) is 13.2. The number of benzene rings is 1. The number of sulfonamides is 1. The van der Waals surface area contributed by atoms with Gasteiger partial charge in [0.1, 0.15) is 0 Å². The second-order valence-electron chi connectivity index (χ2n) is 4.67. The van der Waals surface area contributed by atoms with Crippen molar-refractivity contribution in [1.29, 1.82) is 0 Å². The minimum atomic E-state index is -3.48. The summed E-state index contributed by atoms with van der Waals surface area (Å²) < 4.78 is 30.9. The molecule has 0 atom stereocenters. The molecule has 0 aliphatic carbocycles. The quantitative estimate of drug-likeness (QED) is 0.819. The highest BCUT2D eigenvalue weighted by molar-refractivity contribution is 7.89. The van der Waals surface area contributed by atoms with Crippen LogP contribution in [0.4, 0.5) is 4.79 Å². The summed E-state index contributed by atoms with van der Waals surface area (Å²) in [5, 5.41) is 0. The number of hydrogen-bond donors (Lipinski definition) is 0. The lowest BCUT2D eigenvalue weighted by molar-refractivity contribution is 0.108. The Morgan fingerprint density at radius 2 is 1.65 bits per heavy atom. The zero-order chi connectivity index (χ0) is 14.8. The molecule has 110 valence electrons. The highest BCUT2D eigenvalue weighted by Crippen LogP contribution is 2.18. The average molecular weight is 298 g/mol. The standard InChI is InChI=1S/C13H18N2O4S/c1-11-3-5-12(6-4-11)20(17,18)15-9-7-14(8-10-15)13(16)19-2/h3-6H,7-10H2,1-2H3. The van der Waals surface area contributed by atoms with Crippen molar-refractivity contribution in [2.75, 3.05) is 33.3 Å². The van der Waals surface area contributed by atoms with Crippen molar-refractivity contribution in [2.24, 2.45) is 0 Å². The molecule has 1 heterocycles. The number of piperazine rings is 1. The number of amides is 1. The predicted molar refractivity (Wildman–Crippen MR) is 73.9 cm³/mol. The molecule has 1 aromatic carbocycles. The van der Waals surface area contributed by atoms with Crippen molar-refractivity contribution in [3.63, 3.8) is 0 Å². The van der Waals surface area contributed by atoms with Crippen molar-refractivity contribution in [3.8, 4) is 0 Å². The van der Waals surface area contributed by atoms with Gasteiger partial charge in [0.25, 0.3) is 0 Å². The van der Waals surface area contributed by atoms with E-state index in [1.165, 1.54) is 16.3 Å². The van der Waals surface area contributed by atoms with Crippen LogP contribution in [0.3, 0.4) is 0 Å². The molecular weight excluding hydrogens is 280 g/mol. The monoisotopic (exact) mass is 298 g/mol. The predicted octanol–water partition coefficient (Wildman–Crippen LogP) is 1.07. The molecule has 0 bridgehead atoms. The molecule has 1 aliphatic heterocycles. The molecule has 0 N–H and O–H groups in total. The third-order valence-corrected chi connectivity index (χ3v) is 5.24. The normalized spacial score (nSPS) is 17.0. The molecular formula is C13H18N2O4S. The highest BCUT2D eigenvalue weighted by Gasteiger charge is 2.30. The Morgan fingerprint density at radius 3 is 2.15 bits per heavy atom.